The number of aliphatic hydroxyl groups excluding tert-OH is 16. The summed E-state index contributed by atoms with van der Waals surface area (Å²) in [6, 6.07) is -4.72. The average Bonchev–Trinajstić information content (AvgIpc) is 0.756. The number of aliphatic carboxylic acids is 1. The molecular weight excluding hydrogens is 1440 g/mol. The van der Waals surface area contributed by atoms with Crippen LogP contribution in [0, 0.1) is 0 Å². The van der Waals surface area contributed by atoms with Gasteiger partial charge in [0.15, 0.2) is 25.2 Å². The highest BCUT2D eigenvalue weighted by Gasteiger charge is 2.61. The van der Waals surface area contributed by atoms with Gasteiger partial charge < -0.3 is 150 Å². The minimum atomic E-state index is -3.20. The third kappa shape index (κ3) is 30.3. The number of hydrogen-bond acceptors (Lipinski definition) is 30. The molecule has 20 N–H and O–H groups in total. The van der Waals surface area contributed by atoms with E-state index in [1.165, 1.54) is 122 Å². The van der Waals surface area contributed by atoms with Gasteiger partial charge >= 0.3 is 5.97 Å². The van der Waals surface area contributed by atoms with Gasteiger partial charge in [-0.25, -0.2) is 4.79 Å². The molecule has 34 heteroatoms. The van der Waals surface area contributed by atoms with E-state index in [2.05, 4.69) is 29.8 Å². The van der Waals surface area contributed by atoms with Gasteiger partial charge in [0.25, 0.3) is 5.79 Å². The summed E-state index contributed by atoms with van der Waals surface area (Å²) in [5, 5.41) is 196. The lowest BCUT2D eigenvalue weighted by atomic mass is 9.88. The molecule has 5 rings (SSSR count). The van der Waals surface area contributed by atoms with Gasteiger partial charge in [0, 0.05) is 26.7 Å². The lowest BCUT2D eigenvalue weighted by Gasteiger charge is -2.52. The Labute approximate surface area is 640 Å². The fourth-order valence-electron chi connectivity index (χ4n) is 14.7. The summed E-state index contributed by atoms with van der Waals surface area (Å²) >= 11 is 0. The molecule has 28 atom stereocenters. The zero-order chi connectivity index (χ0) is 80.2. The molecule has 5 heterocycles. The Morgan fingerprint density at radius 3 is 1.34 bits per heavy atom. The molecule has 0 aromatic heterocycles. The minimum Gasteiger partial charge on any atom is -0.477 e. The first-order chi connectivity index (χ1) is 52.3. The van der Waals surface area contributed by atoms with E-state index in [0.29, 0.717) is 12.8 Å². The van der Waals surface area contributed by atoms with E-state index in [1.807, 2.05) is 6.08 Å². The highest BCUT2D eigenvalue weighted by molar-refractivity contribution is 5.77. The molecule has 5 saturated heterocycles. The fourth-order valence-corrected chi connectivity index (χ4v) is 14.7. The van der Waals surface area contributed by atoms with Crippen molar-refractivity contribution in [3.63, 3.8) is 0 Å². The van der Waals surface area contributed by atoms with Crippen LogP contribution in [0.5, 0.6) is 0 Å². The van der Waals surface area contributed by atoms with Crippen LogP contribution in [-0.4, -0.2) is 321 Å². The molecule has 34 nitrogen and oxygen atoms in total. The normalized spacial score (nSPS) is 34.2. The van der Waals surface area contributed by atoms with Crippen LogP contribution in [0.4, 0.5) is 0 Å². The Bertz CT molecular complexity index is 2540. The number of nitrogens with one attached hydrogen (secondary N) is 3. The van der Waals surface area contributed by atoms with Crippen molar-refractivity contribution in [2.45, 2.75) is 398 Å². The standard InChI is InChI=1S/C75H135N3O31/c1-5-7-9-11-13-15-17-19-20-21-22-24-26-28-30-32-34-36-54(89)78-46(47(86)35-33-31-29-27-25-23-18-16-14-12-10-8-6-2)43-100-71-62(95)60(93)65(52(41-82)103-71)105-72-63(96)61(94)66(53(42-83)104-72)106-73-64(97)69(59(92)51(40-81)102-73)107-70-56(77-45(4)85)68(58(91)50(39-80)101-70)109-75(74(98)99)37-48(87)55(76-44(3)84)67(108-75)57(90)49(88)38-79/h33,35,46-53,55-73,79-83,86-88,90-97H,5-32,34,36-43H2,1-4H3,(H,76,84)(H,77,85)(H,78,89)(H,98,99)/b35-33+/t46-,47+,48?,49+,50?,51?,52?,53?,55+,56?,57+,58-,59-,60+,61+,62?,63?,64?,65+,66-,67?,68+,69-,70-,71+,72-,73-,75-/m0/s1. The maximum absolute atomic E-state index is 13.5. The van der Waals surface area contributed by atoms with E-state index < -0.39 is 235 Å². The summed E-state index contributed by atoms with van der Waals surface area (Å²) in [7, 11) is 0. The number of carbonyl (C=O) groups is 4. The Morgan fingerprint density at radius 2 is 0.881 bits per heavy atom. The molecule has 0 radical (unpaired) electrons. The molecule has 0 saturated carbocycles. The molecule has 0 aliphatic carbocycles. The first-order valence-electron chi connectivity index (χ1n) is 40.1. The number of carboxylic acid groups (broad SMARTS) is 1. The SMILES string of the molecule is CCCCCCCCCCCCC/C=C/[C@@H](O)[C@H](CO[C@@H]1OC(CO)[C@@H](O[C@@H]2OC(CO)[C@H](O[C@@H]3OC(CO)[C@H](O)[C@H](O[C@@H]4OC(CO)[C@H](O)[C@H](O[C@]5(C(=O)O)CC(O)[C@@H](NC(C)=O)C([C@H](O)[C@H](O)CO)O5)C4NC(C)=O)C3O)[C@H](O)C2O)[C@H](O)C1O)NC(=O)CCCCCCCCCCCCCCCCCCC. The van der Waals surface area contributed by atoms with Crippen molar-refractivity contribution >= 4 is 23.7 Å². The Balaban J connectivity index is 1.23. The van der Waals surface area contributed by atoms with E-state index in [4.69, 9.17) is 47.4 Å². The Kier molecular flexibility index (Phi) is 45.5. The highest BCUT2D eigenvalue weighted by atomic mass is 16.8. The molecule has 0 spiro atoms. The molecule has 0 aromatic carbocycles. The summed E-state index contributed by atoms with van der Waals surface area (Å²) in [4.78, 5) is 52.0. The van der Waals surface area contributed by atoms with E-state index >= 15 is 0 Å². The number of allylic oxidation sites excluding steroid dienone is 1. The Morgan fingerprint density at radius 1 is 0.477 bits per heavy atom. The van der Waals surface area contributed by atoms with Gasteiger partial charge in [-0.1, -0.05) is 193 Å². The molecular formula is C75H135N3O31. The van der Waals surface area contributed by atoms with Crippen LogP contribution in [0.3, 0.4) is 0 Å². The van der Waals surface area contributed by atoms with Gasteiger partial charge in [-0.15, -0.1) is 0 Å². The molecule has 0 aromatic rings. The number of hydrogen-bond donors (Lipinski definition) is 20. The number of carbonyl (C=O) groups excluding carboxylic acids is 3. The summed E-state index contributed by atoms with van der Waals surface area (Å²) < 4.78 is 58.8. The first kappa shape index (κ1) is 96.2. The third-order valence-corrected chi connectivity index (χ3v) is 21.1. The molecule has 636 valence electrons. The quantitative estimate of drug-likeness (QED) is 0.0275. The highest BCUT2D eigenvalue weighted by Crippen LogP contribution is 2.40. The molecule has 10 unspecified atom stereocenters. The van der Waals surface area contributed by atoms with Gasteiger partial charge in [-0.05, 0) is 19.3 Å². The number of aliphatic hydroxyl groups is 16. The van der Waals surface area contributed by atoms with Crippen molar-refractivity contribution < 1.29 is 153 Å². The second-order valence-corrected chi connectivity index (χ2v) is 30.0. The predicted octanol–water partition coefficient (Wildman–Crippen LogP) is -0.262. The van der Waals surface area contributed by atoms with Crippen LogP contribution in [0.1, 0.15) is 227 Å². The van der Waals surface area contributed by atoms with Crippen LogP contribution in [0.25, 0.3) is 0 Å². The lowest BCUT2D eigenvalue weighted by molar-refractivity contribution is -0.390. The monoisotopic (exact) mass is 1570 g/mol. The van der Waals surface area contributed by atoms with Crippen molar-refractivity contribution in [3.05, 3.63) is 12.2 Å². The average molecular weight is 1570 g/mol. The van der Waals surface area contributed by atoms with Crippen LogP contribution in [-0.2, 0) is 66.5 Å². The number of amides is 3. The molecule has 109 heavy (non-hydrogen) atoms. The van der Waals surface area contributed by atoms with Crippen molar-refractivity contribution in [1.82, 2.24) is 16.0 Å². The van der Waals surface area contributed by atoms with Crippen molar-refractivity contribution in [1.29, 1.82) is 0 Å². The topological polar surface area (TPSA) is 541 Å². The van der Waals surface area contributed by atoms with Crippen molar-refractivity contribution in [2.24, 2.45) is 0 Å². The van der Waals surface area contributed by atoms with Gasteiger partial charge in [-0.2, -0.15) is 0 Å². The minimum absolute atomic E-state index is 0.179. The van der Waals surface area contributed by atoms with Crippen molar-refractivity contribution in [3.8, 4) is 0 Å². The number of carboxylic acids is 1. The smallest absolute Gasteiger partial charge is 0.364 e. The van der Waals surface area contributed by atoms with E-state index in [-0.39, 0.29) is 12.3 Å². The van der Waals surface area contributed by atoms with Crippen molar-refractivity contribution in [2.75, 3.05) is 39.6 Å². The summed E-state index contributed by atoms with van der Waals surface area (Å²) in [5.74, 6) is -7.38. The molecule has 5 fully saturated rings. The molecule has 5 aliphatic heterocycles. The fraction of sp³-hybridized carbons (Fsp3) is 0.920. The number of ether oxygens (including phenoxy) is 10. The van der Waals surface area contributed by atoms with E-state index in [9.17, 15) is 106 Å². The van der Waals surface area contributed by atoms with Gasteiger partial charge in [0.2, 0.25) is 17.7 Å². The van der Waals surface area contributed by atoms with Gasteiger partial charge in [0.05, 0.1) is 63.9 Å². The largest absolute Gasteiger partial charge is 0.477 e. The summed E-state index contributed by atoms with van der Waals surface area (Å²) in [5.41, 5.74) is 0. The molecule has 5 aliphatic rings. The zero-order valence-electron chi connectivity index (χ0n) is 64.2. The molecule has 0 bridgehead atoms. The molecule has 3 amide bonds. The summed E-state index contributed by atoms with van der Waals surface area (Å²) in [6.07, 6.45) is -11.6. The first-order valence-corrected chi connectivity index (χ1v) is 40.1. The maximum Gasteiger partial charge on any atom is 0.364 e. The summed E-state index contributed by atoms with van der Waals surface area (Å²) in [6.45, 7) is 0.614. The second-order valence-electron chi connectivity index (χ2n) is 30.0. The maximum atomic E-state index is 13.5. The zero-order valence-corrected chi connectivity index (χ0v) is 64.2. The van der Waals surface area contributed by atoms with E-state index in [0.717, 1.165) is 65.2 Å². The van der Waals surface area contributed by atoms with Crippen LogP contribution in [0.15, 0.2) is 12.2 Å². The Hall–Kier alpha value is -3.42. The predicted molar refractivity (Wildman–Crippen MR) is 388 cm³/mol. The van der Waals surface area contributed by atoms with Gasteiger partial charge in [-0.3, -0.25) is 14.4 Å². The second kappa shape index (κ2) is 51.5. The lowest BCUT2D eigenvalue weighted by Crippen LogP contribution is -2.72. The van der Waals surface area contributed by atoms with E-state index in [1.54, 1.807) is 6.08 Å². The number of unbranched alkanes of at least 4 members (excludes halogenated alkanes) is 27. The third-order valence-electron chi connectivity index (χ3n) is 21.1. The number of rotatable bonds is 54. The van der Waals surface area contributed by atoms with Crippen LogP contribution < -0.4 is 16.0 Å². The van der Waals surface area contributed by atoms with Crippen LogP contribution in [0.2, 0.25) is 0 Å². The van der Waals surface area contributed by atoms with Gasteiger partial charge in [0.1, 0.15) is 116 Å². The van der Waals surface area contributed by atoms with Crippen LogP contribution >= 0.6 is 0 Å².